The smallest absolute Gasteiger partial charge is 0.249 e. The summed E-state index contributed by atoms with van der Waals surface area (Å²) >= 11 is 6.47. The number of para-hydroxylation sites is 1. The van der Waals surface area contributed by atoms with Gasteiger partial charge in [0.25, 0.3) is 0 Å². The van der Waals surface area contributed by atoms with Gasteiger partial charge in [-0.3, -0.25) is 14.7 Å². The van der Waals surface area contributed by atoms with Crippen molar-refractivity contribution in [1.29, 1.82) is 0 Å². The van der Waals surface area contributed by atoms with Crippen molar-refractivity contribution >= 4 is 45.8 Å². The van der Waals surface area contributed by atoms with E-state index < -0.39 is 6.23 Å². The molecule has 0 bridgehead atoms. The third-order valence-electron chi connectivity index (χ3n) is 6.53. The summed E-state index contributed by atoms with van der Waals surface area (Å²) in [6.45, 7) is 1.82. The number of fused-ring (bicyclic) bond motifs is 1. The molecule has 5 rings (SSSR count). The molecule has 3 N–H and O–H groups in total. The van der Waals surface area contributed by atoms with Gasteiger partial charge in [-0.05, 0) is 45.1 Å². The SMILES string of the molecule is CN(C)C/C=C/C(=O)Nc1ccc(C(O)N2CCC/C(=N\c3ncc(Cl)c(-c4c[nH]c5ccccc45)n3)C2)nc1. The Balaban J connectivity index is 1.26. The summed E-state index contributed by atoms with van der Waals surface area (Å²) in [5, 5.41) is 15.3. The number of nitrogens with one attached hydrogen (secondary N) is 2. The number of carbonyl (C=O) groups excluding carboxylic acids is 1. The molecule has 0 radical (unpaired) electrons. The average molecular weight is 559 g/mol. The number of aromatic nitrogens is 4. The lowest BCUT2D eigenvalue weighted by Crippen LogP contribution is -2.38. The second-order valence-electron chi connectivity index (χ2n) is 9.87. The predicted molar refractivity (Wildman–Crippen MR) is 158 cm³/mol. The van der Waals surface area contributed by atoms with E-state index in [4.69, 9.17) is 16.6 Å². The molecule has 1 unspecified atom stereocenters. The van der Waals surface area contributed by atoms with Gasteiger partial charge in [0.05, 0.1) is 34.5 Å². The van der Waals surface area contributed by atoms with E-state index >= 15 is 0 Å². The summed E-state index contributed by atoms with van der Waals surface area (Å²) in [5.41, 5.74) is 4.42. The Hall–Kier alpha value is -3.96. The number of aliphatic hydroxyl groups is 1. The van der Waals surface area contributed by atoms with Crippen LogP contribution in [0.2, 0.25) is 5.02 Å². The number of hydrogen-bond donors (Lipinski definition) is 3. The van der Waals surface area contributed by atoms with Crippen molar-refractivity contribution in [3.63, 3.8) is 0 Å². The Morgan fingerprint density at radius 2 is 2.10 bits per heavy atom. The molecule has 1 aliphatic heterocycles. The van der Waals surface area contributed by atoms with Crippen LogP contribution in [0.25, 0.3) is 22.2 Å². The molecule has 0 spiro atoms. The molecule has 1 aromatic carbocycles. The number of nitrogens with zero attached hydrogens (tertiary/aromatic N) is 6. The number of aliphatic imine (C=N–C) groups is 1. The topological polar surface area (TPSA) is 123 Å². The molecule has 1 aliphatic rings. The largest absolute Gasteiger partial charge is 0.372 e. The molecule has 10 nitrogen and oxygen atoms in total. The van der Waals surface area contributed by atoms with Crippen LogP contribution in [0.4, 0.5) is 11.6 Å². The molecular weight excluding hydrogens is 528 g/mol. The number of pyridine rings is 1. The minimum absolute atomic E-state index is 0.230. The van der Waals surface area contributed by atoms with Gasteiger partial charge in [-0.15, -0.1) is 0 Å². The number of anilines is 1. The first-order valence-corrected chi connectivity index (χ1v) is 13.4. The van der Waals surface area contributed by atoms with Crippen LogP contribution in [0, 0.1) is 0 Å². The van der Waals surface area contributed by atoms with Gasteiger partial charge >= 0.3 is 0 Å². The molecule has 1 fully saturated rings. The molecule has 1 saturated heterocycles. The third kappa shape index (κ3) is 6.60. The summed E-state index contributed by atoms with van der Waals surface area (Å²) in [6, 6.07) is 11.4. The number of likely N-dealkylation sites (N-methyl/N-ethyl adjacent to an activating group) is 1. The molecule has 206 valence electrons. The van der Waals surface area contributed by atoms with Gasteiger partial charge in [0.1, 0.15) is 0 Å². The lowest BCUT2D eigenvalue weighted by atomic mass is 10.1. The molecule has 4 heterocycles. The minimum Gasteiger partial charge on any atom is -0.372 e. The summed E-state index contributed by atoms with van der Waals surface area (Å²) in [7, 11) is 3.86. The number of rotatable bonds is 8. The van der Waals surface area contributed by atoms with Crippen LogP contribution < -0.4 is 5.32 Å². The van der Waals surface area contributed by atoms with Gasteiger partial charge in [-0.1, -0.05) is 35.9 Å². The lowest BCUT2D eigenvalue weighted by molar-refractivity contribution is -0.111. The maximum atomic E-state index is 12.1. The summed E-state index contributed by atoms with van der Waals surface area (Å²) in [6.07, 6.45) is 8.97. The predicted octanol–water partition coefficient (Wildman–Crippen LogP) is 4.59. The Morgan fingerprint density at radius 3 is 2.90 bits per heavy atom. The molecule has 1 amide bonds. The molecule has 4 aromatic rings. The second-order valence-corrected chi connectivity index (χ2v) is 10.3. The van der Waals surface area contributed by atoms with Crippen molar-refractivity contribution in [3.05, 3.63) is 77.9 Å². The molecule has 3 aromatic heterocycles. The van der Waals surface area contributed by atoms with Crippen molar-refractivity contribution < 1.29 is 9.90 Å². The van der Waals surface area contributed by atoms with E-state index in [-0.39, 0.29) is 5.91 Å². The van der Waals surface area contributed by atoms with Gasteiger partial charge in [0.2, 0.25) is 11.9 Å². The maximum Gasteiger partial charge on any atom is 0.249 e. The minimum atomic E-state index is -0.914. The van der Waals surface area contributed by atoms with E-state index in [9.17, 15) is 9.90 Å². The first kappa shape index (κ1) is 27.6. The van der Waals surface area contributed by atoms with Crippen molar-refractivity contribution in [2.24, 2.45) is 4.99 Å². The number of hydrogen-bond acceptors (Lipinski definition) is 8. The first-order chi connectivity index (χ1) is 19.4. The fraction of sp³-hybridized carbons (Fsp3) is 0.276. The number of piperidine rings is 1. The Morgan fingerprint density at radius 1 is 1.25 bits per heavy atom. The number of H-pyrrole nitrogens is 1. The molecule has 40 heavy (non-hydrogen) atoms. The monoisotopic (exact) mass is 558 g/mol. The summed E-state index contributed by atoms with van der Waals surface area (Å²) < 4.78 is 0. The van der Waals surface area contributed by atoms with Crippen LogP contribution in [-0.2, 0) is 4.79 Å². The Kier molecular flexibility index (Phi) is 8.61. The van der Waals surface area contributed by atoms with Crippen LogP contribution in [-0.4, -0.2) is 80.2 Å². The van der Waals surface area contributed by atoms with Gasteiger partial charge in [0.15, 0.2) is 6.23 Å². The lowest BCUT2D eigenvalue weighted by Gasteiger charge is -2.31. The van der Waals surface area contributed by atoms with Crippen LogP contribution in [0.5, 0.6) is 0 Å². The van der Waals surface area contributed by atoms with Gasteiger partial charge in [0, 0.05) is 54.1 Å². The fourth-order valence-corrected chi connectivity index (χ4v) is 4.75. The molecular formula is C29H31ClN8O2. The third-order valence-corrected chi connectivity index (χ3v) is 6.81. The van der Waals surface area contributed by atoms with Crippen molar-refractivity contribution in [1.82, 2.24) is 29.7 Å². The highest BCUT2D eigenvalue weighted by Crippen LogP contribution is 2.33. The highest BCUT2D eigenvalue weighted by atomic mass is 35.5. The highest BCUT2D eigenvalue weighted by Gasteiger charge is 2.24. The van der Waals surface area contributed by atoms with E-state index in [1.807, 2.05) is 54.4 Å². The first-order valence-electron chi connectivity index (χ1n) is 13.0. The number of amides is 1. The molecule has 0 saturated carbocycles. The average Bonchev–Trinajstić information content (AvgIpc) is 3.38. The van der Waals surface area contributed by atoms with E-state index in [2.05, 4.69) is 25.3 Å². The Bertz CT molecular complexity index is 1550. The fourth-order valence-electron chi connectivity index (χ4n) is 4.56. The second kappa shape index (κ2) is 12.5. The van der Waals surface area contributed by atoms with Crippen LogP contribution in [0.15, 0.2) is 72.1 Å². The van der Waals surface area contributed by atoms with E-state index in [1.165, 1.54) is 6.08 Å². The molecule has 1 atom stereocenters. The van der Waals surface area contributed by atoms with E-state index in [0.717, 1.165) is 35.0 Å². The van der Waals surface area contributed by atoms with E-state index in [0.29, 0.717) is 47.7 Å². The zero-order chi connectivity index (χ0) is 28.1. The van der Waals surface area contributed by atoms with Gasteiger partial charge < -0.3 is 20.3 Å². The van der Waals surface area contributed by atoms with Crippen LogP contribution >= 0.6 is 11.6 Å². The van der Waals surface area contributed by atoms with Gasteiger partial charge in [-0.25, -0.2) is 15.0 Å². The number of likely N-dealkylation sites (tertiary alicyclic amines) is 1. The van der Waals surface area contributed by atoms with Crippen LogP contribution in [0.3, 0.4) is 0 Å². The standard InChI is InChI=1S/C29H31ClN8O2/c1-37(2)13-6-10-26(39)34-19-11-12-25(31-15-19)28(40)38-14-5-7-20(18-38)35-29-33-17-23(30)27(36-29)22-16-32-24-9-4-3-8-21(22)24/h3-4,6,8-12,15-17,28,32,40H,5,7,13-14,18H2,1-2H3,(H,34,39)/b10-6+,35-20+. The normalized spacial score (nSPS) is 16.3. The zero-order valence-corrected chi connectivity index (χ0v) is 23.1. The van der Waals surface area contributed by atoms with Crippen LogP contribution in [0.1, 0.15) is 24.8 Å². The maximum absolute atomic E-state index is 12.1. The molecule has 11 heteroatoms. The quantitative estimate of drug-likeness (QED) is 0.270. The zero-order valence-electron chi connectivity index (χ0n) is 22.4. The Labute approximate surface area is 237 Å². The van der Waals surface area contributed by atoms with E-state index in [1.54, 1.807) is 30.6 Å². The number of aromatic amines is 1. The number of carbonyl (C=O) groups is 1. The number of benzene rings is 1. The summed E-state index contributed by atoms with van der Waals surface area (Å²) in [5.74, 6) is 0.0972. The number of aliphatic hydroxyl groups excluding tert-OH is 1. The van der Waals surface area contributed by atoms with Gasteiger partial charge in [-0.2, -0.15) is 0 Å². The van der Waals surface area contributed by atoms with Crippen molar-refractivity contribution in [2.45, 2.75) is 19.1 Å². The molecule has 0 aliphatic carbocycles. The highest BCUT2D eigenvalue weighted by molar-refractivity contribution is 6.33. The van der Waals surface area contributed by atoms with Crippen molar-refractivity contribution in [3.8, 4) is 11.3 Å². The van der Waals surface area contributed by atoms with Crippen molar-refractivity contribution in [2.75, 3.05) is 39.0 Å². The number of halogens is 1. The summed E-state index contributed by atoms with van der Waals surface area (Å²) in [4.78, 5) is 37.3.